The fraction of sp³-hybridized carbons (Fsp3) is 0.208. The van der Waals surface area contributed by atoms with Crippen molar-refractivity contribution in [3.63, 3.8) is 0 Å². The van der Waals surface area contributed by atoms with Crippen LogP contribution in [0, 0.1) is 6.92 Å². The highest BCUT2D eigenvalue weighted by atomic mass is 16.5. The fourth-order valence-corrected chi connectivity index (χ4v) is 3.11. The molecule has 0 heterocycles. The molecule has 0 radical (unpaired) electrons. The van der Waals surface area contributed by atoms with Crippen LogP contribution in [0.15, 0.2) is 72.8 Å². The first-order valence-corrected chi connectivity index (χ1v) is 9.53. The van der Waals surface area contributed by atoms with Crippen molar-refractivity contribution >= 4 is 11.7 Å². The summed E-state index contributed by atoms with van der Waals surface area (Å²) >= 11 is 0. The molecule has 1 atom stereocenters. The van der Waals surface area contributed by atoms with Crippen LogP contribution in [-0.4, -0.2) is 12.6 Å². The maximum absolute atomic E-state index is 12.4. The molecule has 3 rings (SSSR count). The zero-order valence-electron chi connectivity index (χ0n) is 16.5. The lowest BCUT2D eigenvalue weighted by Crippen LogP contribution is -2.31. The molecule has 28 heavy (non-hydrogen) atoms. The fourth-order valence-electron chi connectivity index (χ4n) is 3.11. The third kappa shape index (κ3) is 4.92. The number of ether oxygens (including phenoxy) is 1. The topological polar surface area (TPSA) is 50.4 Å². The zero-order chi connectivity index (χ0) is 19.9. The van der Waals surface area contributed by atoms with E-state index in [1.165, 1.54) is 0 Å². The van der Waals surface area contributed by atoms with E-state index in [4.69, 9.17) is 4.74 Å². The van der Waals surface area contributed by atoms with Crippen molar-refractivity contribution in [2.45, 2.75) is 26.8 Å². The number of carbonyl (C=O) groups excluding carboxylic acids is 1. The van der Waals surface area contributed by atoms with E-state index in [-0.39, 0.29) is 12.1 Å². The third-order valence-electron chi connectivity index (χ3n) is 4.53. The van der Waals surface area contributed by atoms with Crippen LogP contribution in [0.2, 0.25) is 0 Å². The standard InChI is InChI=1S/C24H26N2O2/c1-4-28-23-15-10-17(2)16-22(23)18(3)25-24(27)26-21-13-11-20(12-14-21)19-8-6-5-7-9-19/h5-16,18H,4H2,1-3H3,(H2,25,26,27). The molecule has 2 amide bonds. The summed E-state index contributed by atoms with van der Waals surface area (Å²) in [6.07, 6.45) is 0. The summed E-state index contributed by atoms with van der Waals surface area (Å²) < 4.78 is 5.70. The Balaban J connectivity index is 1.65. The van der Waals surface area contributed by atoms with Crippen molar-refractivity contribution < 1.29 is 9.53 Å². The van der Waals surface area contributed by atoms with Gasteiger partial charge >= 0.3 is 6.03 Å². The number of carbonyl (C=O) groups is 1. The number of hydrogen-bond acceptors (Lipinski definition) is 2. The minimum atomic E-state index is -0.246. The van der Waals surface area contributed by atoms with Crippen LogP contribution < -0.4 is 15.4 Å². The molecule has 4 heteroatoms. The molecule has 0 saturated carbocycles. The first-order chi connectivity index (χ1) is 13.6. The number of aryl methyl sites for hydroxylation is 1. The highest BCUT2D eigenvalue weighted by molar-refractivity contribution is 5.89. The molecule has 2 N–H and O–H groups in total. The maximum Gasteiger partial charge on any atom is 0.319 e. The Morgan fingerprint density at radius 2 is 1.64 bits per heavy atom. The lowest BCUT2D eigenvalue weighted by molar-refractivity contribution is 0.249. The van der Waals surface area contributed by atoms with E-state index in [2.05, 4.69) is 22.8 Å². The van der Waals surface area contributed by atoms with E-state index in [1.807, 2.05) is 81.4 Å². The van der Waals surface area contributed by atoms with Crippen molar-refractivity contribution in [3.8, 4) is 16.9 Å². The number of rotatable bonds is 6. The summed E-state index contributed by atoms with van der Waals surface area (Å²) in [6.45, 7) is 6.52. The van der Waals surface area contributed by atoms with Crippen LogP contribution in [0.5, 0.6) is 5.75 Å². The lowest BCUT2D eigenvalue weighted by atomic mass is 10.0. The minimum absolute atomic E-state index is 0.176. The number of urea groups is 1. The summed E-state index contributed by atoms with van der Waals surface area (Å²) in [4.78, 5) is 12.4. The van der Waals surface area contributed by atoms with Crippen molar-refractivity contribution in [2.24, 2.45) is 0 Å². The van der Waals surface area contributed by atoms with Gasteiger partial charge < -0.3 is 15.4 Å². The van der Waals surface area contributed by atoms with Crippen LogP contribution in [-0.2, 0) is 0 Å². The van der Waals surface area contributed by atoms with Gasteiger partial charge in [0.25, 0.3) is 0 Å². The van der Waals surface area contributed by atoms with Crippen molar-refractivity contribution in [1.82, 2.24) is 5.32 Å². The summed E-state index contributed by atoms with van der Waals surface area (Å²) in [5.74, 6) is 0.799. The van der Waals surface area contributed by atoms with Gasteiger partial charge in [-0.15, -0.1) is 0 Å². The second-order valence-corrected chi connectivity index (χ2v) is 6.74. The van der Waals surface area contributed by atoms with Gasteiger partial charge in [0.1, 0.15) is 5.75 Å². The van der Waals surface area contributed by atoms with E-state index in [0.29, 0.717) is 6.61 Å². The lowest BCUT2D eigenvalue weighted by Gasteiger charge is -2.19. The van der Waals surface area contributed by atoms with E-state index >= 15 is 0 Å². The quantitative estimate of drug-likeness (QED) is 0.561. The predicted molar refractivity (Wildman–Crippen MR) is 115 cm³/mol. The van der Waals surface area contributed by atoms with Gasteiger partial charge in [0, 0.05) is 11.3 Å². The smallest absolute Gasteiger partial charge is 0.319 e. The first-order valence-electron chi connectivity index (χ1n) is 9.53. The second-order valence-electron chi connectivity index (χ2n) is 6.74. The molecular weight excluding hydrogens is 348 g/mol. The molecule has 0 aliphatic heterocycles. The summed E-state index contributed by atoms with van der Waals surface area (Å²) in [6, 6.07) is 23.6. The average Bonchev–Trinajstić information content (AvgIpc) is 2.70. The van der Waals surface area contributed by atoms with Gasteiger partial charge in [-0.3, -0.25) is 0 Å². The summed E-state index contributed by atoms with van der Waals surface area (Å²) in [7, 11) is 0. The molecule has 0 aliphatic rings. The summed E-state index contributed by atoms with van der Waals surface area (Å²) in [5, 5.41) is 5.88. The van der Waals surface area contributed by atoms with E-state index in [9.17, 15) is 4.79 Å². The molecule has 1 unspecified atom stereocenters. The van der Waals surface area contributed by atoms with E-state index in [0.717, 1.165) is 33.7 Å². The molecule has 0 bridgehead atoms. The van der Waals surface area contributed by atoms with Crippen LogP contribution in [0.25, 0.3) is 11.1 Å². The monoisotopic (exact) mass is 374 g/mol. The summed E-state index contributed by atoms with van der Waals surface area (Å²) in [5.41, 5.74) is 5.11. The van der Waals surface area contributed by atoms with Gasteiger partial charge in [-0.25, -0.2) is 4.79 Å². The Kier molecular flexibility index (Phi) is 6.33. The second kappa shape index (κ2) is 9.09. The van der Waals surface area contributed by atoms with Gasteiger partial charge in [0.15, 0.2) is 0 Å². The Morgan fingerprint density at radius 3 is 2.32 bits per heavy atom. The molecule has 0 saturated heterocycles. The number of benzene rings is 3. The van der Waals surface area contributed by atoms with Crippen LogP contribution in [0.1, 0.15) is 31.0 Å². The molecule has 4 nitrogen and oxygen atoms in total. The van der Waals surface area contributed by atoms with Crippen LogP contribution in [0.4, 0.5) is 10.5 Å². The average molecular weight is 374 g/mol. The van der Waals surface area contributed by atoms with E-state index < -0.39 is 0 Å². The van der Waals surface area contributed by atoms with Crippen molar-refractivity contribution in [3.05, 3.63) is 83.9 Å². The number of nitrogens with one attached hydrogen (secondary N) is 2. The molecule has 0 aliphatic carbocycles. The van der Waals surface area contributed by atoms with Crippen molar-refractivity contribution in [2.75, 3.05) is 11.9 Å². The SMILES string of the molecule is CCOc1ccc(C)cc1C(C)NC(=O)Nc1ccc(-c2ccccc2)cc1. The number of amides is 2. The highest BCUT2D eigenvalue weighted by Gasteiger charge is 2.15. The van der Waals surface area contributed by atoms with Crippen LogP contribution in [0.3, 0.4) is 0 Å². The number of hydrogen-bond donors (Lipinski definition) is 2. The molecule has 0 spiro atoms. The minimum Gasteiger partial charge on any atom is -0.494 e. The molecule has 0 fully saturated rings. The molecule has 144 valence electrons. The molecular formula is C24H26N2O2. The van der Waals surface area contributed by atoms with Crippen molar-refractivity contribution in [1.29, 1.82) is 0 Å². The Morgan fingerprint density at radius 1 is 0.964 bits per heavy atom. The Hall–Kier alpha value is -3.27. The van der Waals surface area contributed by atoms with Gasteiger partial charge in [-0.2, -0.15) is 0 Å². The molecule has 3 aromatic carbocycles. The number of anilines is 1. The van der Waals surface area contributed by atoms with Gasteiger partial charge in [-0.05, 0) is 50.1 Å². The third-order valence-corrected chi connectivity index (χ3v) is 4.53. The van der Waals surface area contributed by atoms with Gasteiger partial charge in [0.2, 0.25) is 0 Å². The largest absolute Gasteiger partial charge is 0.494 e. The normalized spacial score (nSPS) is 11.5. The Bertz CT molecular complexity index is 921. The molecule has 3 aromatic rings. The van der Waals surface area contributed by atoms with Gasteiger partial charge in [-0.1, -0.05) is 60.2 Å². The van der Waals surface area contributed by atoms with E-state index in [1.54, 1.807) is 0 Å². The predicted octanol–water partition coefficient (Wildman–Crippen LogP) is 5.94. The maximum atomic E-state index is 12.4. The Labute approximate surface area is 166 Å². The zero-order valence-corrected chi connectivity index (χ0v) is 16.5. The first kappa shape index (κ1) is 19.5. The molecule has 0 aromatic heterocycles. The van der Waals surface area contributed by atoms with Gasteiger partial charge in [0.05, 0.1) is 12.6 Å². The van der Waals surface area contributed by atoms with Crippen LogP contribution >= 0.6 is 0 Å². The highest BCUT2D eigenvalue weighted by Crippen LogP contribution is 2.27.